The Bertz CT molecular complexity index is 1220. The lowest BCUT2D eigenvalue weighted by Crippen LogP contribution is -2.48. The normalized spacial score (nSPS) is 20.6. The summed E-state index contributed by atoms with van der Waals surface area (Å²) >= 11 is 0. The first-order valence-electron chi connectivity index (χ1n) is 15.7. The molecule has 2 aromatic carbocycles. The van der Waals surface area contributed by atoms with E-state index in [1.165, 1.54) is 0 Å². The van der Waals surface area contributed by atoms with Gasteiger partial charge in [-0.3, -0.25) is 9.59 Å². The molecule has 10 heteroatoms. The molecule has 3 rings (SSSR count). The Labute approximate surface area is 262 Å². The van der Waals surface area contributed by atoms with E-state index in [9.17, 15) is 19.5 Å². The average molecular weight is 611 g/mol. The molecule has 1 aliphatic heterocycles. The summed E-state index contributed by atoms with van der Waals surface area (Å²) in [4.78, 5) is 43.0. The molecule has 0 aliphatic carbocycles. The van der Waals surface area contributed by atoms with Gasteiger partial charge in [-0.2, -0.15) is 0 Å². The monoisotopic (exact) mass is 610 g/mol. The third kappa shape index (κ3) is 10.5. The van der Waals surface area contributed by atoms with Gasteiger partial charge in [0.15, 0.2) is 0 Å². The molecule has 0 bridgehead atoms. The van der Waals surface area contributed by atoms with Crippen molar-refractivity contribution in [3.05, 3.63) is 59.7 Å². The number of likely N-dealkylation sites (N-methyl/N-ethyl adjacent to an activating group) is 1. The number of hydrogen-bond acceptors (Lipinski definition) is 6. The van der Waals surface area contributed by atoms with Crippen molar-refractivity contribution >= 4 is 23.5 Å². The molecule has 4 atom stereocenters. The zero-order valence-corrected chi connectivity index (χ0v) is 27.0. The van der Waals surface area contributed by atoms with Gasteiger partial charge in [-0.25, -0.2) is 4.79 Å². The van der Waals surface area contributed by atoms with Gasteiger partial charge in [0.25, 0.3) is 5.91 Å². The lowest BCUT2D eigenvalue weighted by atomic mass is 10.0. The molecule has 0 fully saturated rings. The third-order valence-electron chi connectivity index (χ3n) is 7.81. The van der Waals surface area contributed by atoms with E-state index in [-0.39, 0.29) is 55.2 Å². The Morgan fingerprint density at radius 1 is 1.09 bits per heavy atom. The Balaban J connectivity index is 1.89. The zero-order valence-electron chi connectivity index (χ0n) is 27.0. The molecule has 10 nitrogen and oxygen atoms in total. The molecule has 44 heavy (non-hydrogen) atoms. The number of anilines is 1. The summed E-state index contributed by atoms with van der Waals surface area (Å²) in [6, 6.07) is 13.8. The molecular formula is C34H50N4O6. The van der Waals surface area contributed by atoms with Crippen LogP contribution in [0.15, 0.2) is 48.5 Å². The number of nitrogens with one attached hydrogen (secondary N) is 2. The number of aliphatic hydroxyl groups excluding tert-OH is 1. The standard InChI is InChI=1S/C34H50N4O6/c1-23(2)35-34(42)36-28-15-16-30-29(19-28)33(41)38(25(4)22-39)20-24(3)31(43-17-11-10-12-26(5)44-30)21-37(6)32(40)18-27-13-8-7-9-14-27/h7-9,13-16,19,23-26,31,39H,10-12,17-18,20-22H2,1-6H3,(H2,35,36,42)/t24-,25+,26-,31+/m1/s1. The van der Waals surface area contributed by atoms with E-state index in [1.807, 2.05) is 58.0 Å². The fourth-order valence-electron chi connectivity index (χ4n) is 5.17. The van der Waals surface area contributed by atoms with Gasteiger partial charge in [0.1, 0.15) is 5.75 Å². The van der Waals surface area contributed by atoms with E-state index < -0.39 is 6.04 Å². The maximum atomic E-state index is 14.2. The molecule has 3 N–H and O–H groups in total. The lowest BCUT2D eigenvalue weighted by Gasteiger charge is -2.36. The van der Waals surface area contributed by atoms with Crippen LogP contribution in [0.3, 0.4) is 0 Å². The van der Waals surface area contributed by atoms with E-state index in [4.69, 9.17) is 9.47 Å². The fraction of sp³-hybridized carbons (Fsp3) is 0.559. The molecule has 242 valence electrons. The predicted molar refractivity (Wildman–Crippen MR) is 172 cm³/mol. The molecule has 0 spiro atoms. The van der Waals surface area contributed by atoms with Crippen LogP contribution < -0.4 is 15.4 Å². The first-order chi connectivity index (χ1) is 21.0. The minimum Gasteiger partial charge on any atom is -0.490 e. The number of carbonyl (C=O) groups excluding carboxylic acids is 3. The average Bonchev–Trinajstić information content (AvgIpc) is 2.98. The van der Waals surface area contributed by atoms with Crippen molar-refractivity contribution in [2.75, 3.05) is 38.7 Å². The van der Waals surface area contributed by atoms with Crippen molar-refractivity contribution in [2.24, 2.45) is 5.92 Å². The van der Waals surface area contributed by atoms with E-state index in [0.717, 1.165) is 24.8 Å². The largest absolute Gasteiger partial charge is 0.490 e. The van der Waals surface area contributed by atoms with Crippen LogP contribution in [0.1, 0.15) is 69.8 Å². The van der Waals surface area contributed by atoms with Crippen molar-refractivity contribution in [3.63, 3.8) is 0 Å². The first kappa shape index (κ1) is 34.9. The maximum Gasteiger partial charge on any atom is 0.319 e. The topological polar surface area (TPSA) is 120 Å². The van der Waals surface area contributed by atoms with Gasteiger partial charge < -0.3 is 35.0 Å². The Hall–Kier alpha value is -3.63. The van der Waals surface area contributed by atoms with Crippen LogP contribution in [-0.2, 0) is 16.0 Å². The van der Waals surface area contributed by atoms with Crippen LogP contribution >= 0.6 is 0 Å². The second kappa shape index (κ2) is 17.0. The molecule has 1 aliphatic rings. The Kier molecular flexibility index (Phi) is 13.5. The highest BCUT2D eigenvalue weighted by Crippen LogP contribution is 2.28. The summed E-state index contributed by atoms with van der Waals surface area (Å²) in [7, 11) is 1.78. The highest BCUT2D eigenvalue weighted by Gasteiger charge is 2.31. The van der Waals surface area contributed by atoms with Crippen molar-refractivity contribution in [3.8, 4) is 5.75 Å². The van der Waals surface area contributed by atoms with E-state index in [0.29, 0.717) is 36.6 Å². The van der Waals surface area contributed by atoms with Gasteiger partial charge >= 0.3 is 6.03 Å². The van der Waals surface area contributed by atoms with Crippen LogP contribution in [0.5, 0.6) is 5.75 Å². The summed E-state index contributed by atoms with van der Waals surface area (Å²) < 4.78 is 12.6. The van der Waals surface area contributed by atoms with Gasteiger partial charge in [-0.1, -0.05) is 37.3 Å². The molecule has 0 unspecified atom stereocenters. The molecule has 0 aromatic heterocycles. The number of amides is 4. The third-order valence-corrected chi connectivity index (χ3v) is 7.81. The predicted octanol–water partition coefficient (Wildman–Crippen LogP) is 4.71. The van der Waals surface area contributed by atoms with E-state index >= 15 is 0 Å². The number of rotatable bonds is 8. The van der Waals surface area contributed by atoms with Crippen LogP contribution in [0.25, 0.3) is 0 Å². The van der Waals surface area contributed by atoms with E-state index in [2.05, 4.69) is 10.6 Å². The molecule has 0 radical (unpaired) electrons. The number of urea groups is 1. The Morgan fingerprint density at radius 3 is 2.50 bits per heavy atom. The number of nitrogens with zero attached hydrogens (tertiary/aromatic N) is 2. The number of ether oxygens (including phenoxy) is 2. The number of carbonyl (C=O) groups is 3. The Morgan fingerprint density at radius 2 is 1.82 bits per heavy atom. The van der Waals surface area contributed by atoms with Crippen molar-refractivity contribution in [2.45, 2.75) is 84.6 Å². The second-order valence-electron chi connectivity index (χ2n) is 12.2. The summed E-state index contributed by atoms with van der Waals surface area (Å²) in [5, 5.41) is 15.7. The summed E-state index contributed by atoms with van der Waals surface area (Å²) in [5.74, 6) is -0.0668. The smallest absolute Gasteiger partial charge is 0.319 e. The van der Waals surface area contributed by atoms with Gasteiger partial charge in [-0.15, -0.1) is 0 Å². The molecule has 0 saturated carbocycles. The van der Waals surface area contributed by atoms with E-state index in [1.54, 1.807) is 42.0 Å². The van der Waals surface area contributed by atoms with Gasteiger partial charge in [0.2, 0.25) is 5.91 Å². The van der Waals surface area contributed by atoms with Crippen molar-refractivity contribution in [1.29, 1.82) is 0 Å². The number of hydrogen-bond donors (Lipinski definition) is 3. The zero-order chi connectivity index (χ0) is 32.2. The van der Waals surface area contributed by atoms with Gasteiger partial charge in [0.05, 0.1) is 36.8 Å². The van der Waals surface area contributed by atoms with Crippen LogP contribution in [0.2, 0.25) is 0 Å². The number of benzene rings is 2. The van der Waals surface area contributed by atoms with Crippen molar-refractivity contribution < 1.29 is 29.0 Å². The first-order valence-corrected chi connectivity index (χ1v) is 15.7. The molecule has 4 amide bonds. The molecule has 2 aromatic rings. The maximum absolute atomic E-state index is 14.2. The fourth-order valence-corrected chi connectivity index (χ4v) is 5.17. The molecule has 1 heterocycles. The molecular weight excluding hydrogens is 560 g/mol. The van der Waals surface area contributed by atoms with Crippen LogP contribution in [0.4, 0.5) is 10.5 Å². The number of fused-ring (bicyclic) bond motifs is 1. The summed E-state index contributed by atoms with van der Waals surface area (Å²) in [5.41, 5.74) is 1.71. The van der Waals surface area contributed by atoms with Gasteiger partial charge in [-0.05, 0) is 70.7 Å². The SMILES string of the molecule is CC(C)NC(=O)Nc1ccc2c(c1)C(=O)N([C@@H](C)CO)C[C@@H](C)[C@H](CN(C)C(=O)Cc1ccccc1)OCCCC[C@@H](C)O2. The van der Waals surface area contributed by atoms with Crippen LogP contribution in [-0.4, -0.2) is 90.4 Å². The number of aliphatic hydroxyl groups is 1. The molecule has 0 saturated heterocycles. The minimum absolute atomic E-state index is 0.00973. The van der Waals surface area contributed by atoms with Crippen LogP contribution in [0, 0.1) is 5.92 Å². The summed E-state index contributed by atoms with van der Waals surface area (Å²) in [6.07, 6.45) is 2.27. The highest BCUT2D eigenvalue weighted by molar-refractivity contribution is 5.99. The highest BCUT2D eigenvalue weighted by atomic mass is 16.5. The minimum atomic E-state index is -0.498. The second-order valence-corrected chi connectivity index (χ2v) is 12.2. The van der Waals surface area contributed by atoms with Crippen molar-refractivity contribution in [1.82, 2.24) is 15.1 Å². The lowest BCUT2D eigenvalue weighted by molar-refractivity contribution is -0.131. The summed E-state index contributed by atoms with van der Waals surface area (Å²) in [6.45, 7) is 10.4. The van der Waals surface area contributed by atoms with Gasteiger partial charge in [0, 0.05) is 44.4 Å². The quantitative estimate of drug-likeness (QED) is 0.398.